The average Bonchev–Trinajstić information content (AvgIpc) is 2.80. The first-order chi connectivity index (χ1) is 15.7. The van der Waals surface area contributed by atoms with Crippen molar-refractivity contribution in [1.82, 2.24) is 5.32 Å². The average molecular weight is 446 g/mol. The largest absolute Gasteiger partial charge is 0.326 e. The quantitative estimate of drug-likeness (QED) is 0.188. The van der Waals surface area contributed by atoms with Gasteiger partial charge in [0.25, 0.3) is 0 Å². The highest BCUT2D eigenvalue weighted by atomic mass is 16.2. The Labute approximate surface area is 196 Å². The lowest BCUT2D eigenvalue weighted by Gasteiger charge is -2.08. The van der Waals surface area contributed by atoms with Gasteiger partial charge in [-0.3, -0.25) is 9.59 Å². The van der Waals surface area contributed by atoms with Crippen molar-refractivity contribution in [2.24, 2.45) is 0 Å². The number of anilines is 2. The van der Waals surface area contributed by atoms with Crippen LogP contribution in [0.1, 0.15) is 110 Å². The van der Waals surface area contributed by atoms with E-state index in [1.807, 2.05) is 6.92 Å². The van der Waals surface area contributed by atoms with Gasteiger partial charge in [-0.15, -0.1) is 0 Å². The van der Waals surface area contributed by atoms with E-state index in [0.717, 1.165) is 24.3 Å². The van der Waals surface area contributed by atoms with Gasteiger partial charge in [-0.1, -0.05) is 97.3 Å². The lowest BCUT2D eigenvalue weighted by molar-refractivity contribution is -0.116. The highest BCUT2D eigenvalue weighted by Crippen LogP contribution is 2.14. The van der Waals surface area contributed by atoms with Crippen LogP contribution in [0.15, 0.2) is 24.3 Å². The first-order valence-electron chi connectivity index (χ1n) is 13.1. The molecule has 5 heteroatoms. The number of benzene rings is 1. The van der Waals surface area contributed by atoms with Gasteiger partial charge >= 0.3 is 0 Å². The van der Waals surface area contributed by atoms with E-state index in [4.69, 9.17) is 0 Å². The van der Waals surface area contributed by atoms with E-state index in [0.29, 0.717) is 13.0 Å². The number of rotatable bonds is 20. The van der Waals surface area contributed by atoms with Crippen LogP contribution in [0.5, 0.6) is 0 Å². The molecular weight excluding hydrogens is 398 g/mol. The molecule has 0 aliphatic heterocycles. The van der Waals surface area contributed by atoms with Crippen molar-refractivity contribution >= 4 is 23.2 Å². The second-order valence-corrected chi connectivity index (χ2v) is 8.80. The molecular formula is C27H47N3O2. The Kier molecular flexibility index (Phi) is 17.4. The third-order valence-electron chi connectivity index (χ3n) is 5.77. The summed E-state index contributed by atoms with van der Waals surface area (Å²) in [6.07, 6.45) is 19.4. The highest BCUT2D eigenvalue weighted by Gasteiger charge is 2.03. The number of nitrogens with one attached hydrogen (secondary N) is 3. The summed E-state index contributed by atoms with van der Waals surface area (Å²) in [6, 6.07) is 7.20. The van der Waals surface area contributed by atoms with Gasteiger partial charge in [-0.05, 0) is 37.2 Å². The predicted octanol–water partition coefficient (Wildman–Crippen LogP) is 7.04. The zero-order valence-corrected chi connectivity index (χ0v) is 20.6. The zero-order valence-electron chi connectivity index (χ0n) is 20.6. The Balaban J connectivity index is 1.90. The first kappa shape index (κ1) is 28.2. The number of unbranched alkanes of at least 4 members (excludes halogenated alkanes) is 13. The predicted molar refractivity (Wildman–Crippen MR) is 137 cm³/mol. The number of hydrogen-bond donors (Lipinski definition) is 3. The Morgan fingerprint density at radius 1 is 0.594 bits per heavy atom. The summed E-state index contributed by atoms with van der Waals surface area (Å²) in [4.78, 5) is 23.4. The topological polar surface area (TPSA) is 70.2 Å². The fourth-order valence-electron chi connectivity index (χ4n) is 3.74. The molecule has 0 atom stereocenters. The first-order valence-corrected chi connectivity index (χ1v) is 13.1. The van der Waals surface area contributed by atoms with Crippen LogP contribution in [-0.4, -0.2) is 24.9 Å². The summed E-state index contributed by atoms with van der Waals surface area (Å²) in [6.45, 7) is 5.30. The number of hydrogen-bond acceptors (Lipinski definition) is 3. The van der Waals surface area contributed by atoms with E-state index in [2.05, 4.69) is 22.9 Å². The molecule has 0 saturated carbocycles. The van der Waals surface area contributed by atoms with Crippen molar-refractivity contribution in [3.05, 3.63) is 24.3 Å². The molecule has 1 aromatic carbocycles. The minimum atomic E-state index is -0.0410. The van der Waals surface area contributed by atoms with E-state index in [-0.39, 0.29) is 11.8 Å². The molecule has 182 valence electrons. The van der Waals surface area contributed by atoms with Crippen LogP contribution >= 0.6 is 0 Å². The molecule has 0 aliphatic carbocycles. The number of carbonyl (C=O) groups is 2. The lowest BCUT2D eigenvalue weighted by atomic mass is 10.0. The zero-order chi connectivity index (χ0) is 23.3. The van der Waals surface area contributed by atoms with E-state index in [1.54, 1.807) is 24.3 Å². The maximum atomic E-state index is 12.0. The van der Waals surface area contributed by atoms with Crippen molar-refractivity contribution in [3.8, 4) is 0 Å². The second-order valence-electron chi connectivity index (χ2n) is 8.80. The van der Waals surface area contributed by atoms with Gasteiger partial charge in [-0.2, -0.15) is 0 Å². The van der Waals surface area contributed by atoms with Gasteiger partial charge in [0.15, 0.2) is 0 Å². The van der Waals surface area contributed by atoms with E-state index >= 15 is 0 Å². The second kappa shape index (κ2) is 19.8. The van der Waals surface area contributed by atoms with Crippen LogP contribution in [0.25, 0.3) is 0 Å². The van der Waals surface area contributed by atoms with Gasteiger partial charge in [0.2, 0.25) is 11.8 Å². The van der Waals surface area contributed by atoms with E-state index in [1.165, 1.54) is 83.5 Å². The SMILES string of the molecule is CCCCCCCCCCCCCCCCNCC(=O)Nc1ccc(NC(=O)CC)cc1. The summed E-state index contributed by atoms with van der Waals surface area (Å²) in [5, 5.41) is 8.89. The summed E-state index contributed by atoms with van der Waals surface area (Å²) < 4.78 is 0. The maximum Gasteiger partial charge on any atom is 0.238 e. The molecule has 0 spiro atoms. The summed E-state index contributed by atoms with van der Waals surface area (Å²) in [5.74, 6) is -0.0600. The van der Waals surface area contributed by atoms with Crippen LogP contribution < -0.4 is 16.0 Å². The van der Waals surface area contributed by atoms with Crippen molar-refractivity contribution in [1.29, 1.82) is 0 Å². The molecule has 0 aliphatic rings. The van der Waals surface area contributed by atoms with Crippen LogP contribution in [0.2, 0.25) is 0 Å². The standard InChI is InChI=1S/C27H47N3O2/c1-3-5-6-7-8-9-10-11-12-13-14-15-16-17-22-28-23-27(32)30-25-20-18-24(19-21-25)29-26(31)4-2/h18-21,28H,3-17,22-23H2,1-2H3,(H,29,31)(H,30,32). The Morgan fingerprint density at radius 2 is 1.00 bits per heavy atom. The minimum absolute atomic E-state index is 0.0190. The van der Waals surface area contributed by atoms with Crippen molar-refractivity contribution in [2.45, 2.75) is 110 Å². The third-order valence-corrected chi connectivity index (χ3v) is 5.77. The highest BCUT2D eigenvalue weighted by molar-refractivity contribution is 5.93. The normalized spacial score (nSPS) is 10.8. The summed E-state index contributed by atoms with van der Waals surface area (Å²) in [7, 11) is 0. The molecule has 5 nitrogen and oxygen atoms in total. The summed E-state index contributed by atoms with van der Waals surface area (Å²) in [5.41, 5.74) is 1.48. The lowest BCUT2D eigenvalue weighted by Crippen LogP contribution is -2.28. The van der Waals surface area contributed by atoms with Gasteiger partial charge in [-0.25, -0.2) is 0 Å². The monoisotopic (exact) mass is 445 g/mol. The van der Waals surface area contributed by atoms with Gasteiger partial charge < -0.3 is 16.0 Å². The van der Waals surface area contributed by atoms with E-state index in [9.17, 15) is 9.59 Å². The fourth-order valence-corrected chi connectivity index (χ4v) is 3.74. The smallest absolute Gasteiger partial charge is 0.238 e. The Hall–Kier alpha value is -1.88. The molecule has 0 aromatic heterocycles. The Morgan fingerprint density at radius 3 is 1.44 bits per heavy atom. The maximum absolute atomic E-state index is 12.0. The van der Waals surface area contributed by atoms with Crippen LogP contribution in [0, 0.1) is 0 Å². The van der Waals surface area contributed by atoms with Crippen molar-refractivity contribution in [3.63, 3.8) is 0 Å². The molecule has 32 heavy (non-hydrogen) atoms. The molecule has 0 heterocycles. The van der Waals surface area contributed by atoms with Gasteiger partial charge in [0.05, 0.1) is 6.54 Å². The van der Waals surface area contributed by atoms with E-state index < -0.39 is 0 Å². The molecule has 1 aromatic rings. The van der Waals surface area contributed by atoms with Gasteiger partial charge in [0.1, 0.15) is 0 Å². The number of amides is 2. The summed E-state index contributed by atoms with van der Waals surface area (Å²) >= 11 is 0. The molecule has 0 unspecified atom stereocenters. The van der Waals surface area contributed by atoms with Crippen molar-refractivity contribution in [2.75, 3.05) is 23.7 Å². The molecule has 0 radical (unpaired) electrons. The minimum Gasteiger partial charge on any atom is -0.326 e. The fraction of sp³-hybridized carbons (Fsp3) is 0.704. The number of carbonyl (C=O) groups excluding carboxylic acids is 2. The van der Waals surface area contributed by atoms with Crippen LogP contribution in [0.3, 0.4) is 0 Å². The van der Waals surface area contributed by atoms with Crippen molar-refractivity contribution < 1.29 is 9.59 Å². The van der Waals surface area contributed by atoms with Crippen LogP contribution in [-0.2, 0) is 9.59 Å². The van der Waals surface area contributed by atoms with Crippen LogP contribution in [0.4, 0.5) is 11.4 Å². The molecule has 3 N–H and O–H groups in total. The molecule has 0 fully saturated rings. The van der Waals surface area contributed by atoms with Gasteiger partial charge in [0, 0.05) is 17.8 Å². The molecule has 2 amide bonds. The Bertz CT molecular complexity index is 601. The molecule has 0 bridgehead atoms. The molecule has 1 rings (SSSR count). The third kappa shape index (κ3) is 15.9. The molecule has 0 saturated heterocycles.